The molecule has 1 amide bonds. The fourth-order valence-electron chi connectivity index (χ4n) is 8.65. The summed E-state index contributed by atoms with van der Waals surface area (Å²) in [7, 11) is -7.32. The number of aromatic nitrogens is 6. The van der Waals surface area contributed by atoms with E-state index in [2.05, 4.69) is 67.0 Å². The molecule has 0 radical (unpaired) electrons. The second kappa shape index (κ2) is 20.3. The van der Waals surface area contributed by atoms with E-state index in [4.69, 9.17) is 25.3 Å². The lowest BCUT2D eigenvalue weighted by Gasteiger charge is -2.35. The number of carbonyl (C=O) groups is 2. The van der Waals surface area contributed by atoms with Gasteiger partial charge in [-0.1, -0.05) is 6.42 Å². The van der Waals surface area contributed by atoms with Gasteiger partial charge in [-0.15, -0.1) is 0 Å². The SMILES string of the molecule is CS(=O)(=O)Nc1c(Br)cc(F)cc1C(=O)O.Cc1cc(C2CC2)nc2cc([C@@H]3CCCCN3)nn12.Cc1cc(C2CC2)nc2cc([C@@H]3CCCCN3C(=O)c3cc(F)cc(Br)c3NS(C)(=O)=O)nn12. The summed E-state index contributed by atoms with van der Waals surface area (Å²) in [6, 6.07) is 12.4. The second-order valence-corrected chi connectivity index (χ2v) is 23.3. The molecule has 2 atom stereocenters. The fraction of sp³-hybridized carbons (Fsp3) is 0.435. The molecular formula is C46H52Br2F2N10O7S2. The maximum atomic E-state index is 14.3. The van der Waals surface area contributed by atoms with Gasteiger partial charge in [-0.25, -0.2) is 49.4 Å². The van der Waals surface area contributed by atoms with Crippen molar-refractivity contribution in [1.29, 1.82) is 0 Å². The number of aryl methyl sites for hydroxylation is 2. The number of aromatic carboxylic acids is 1. The molecule has 0 spiro atoms. The van der Waals surface area contributed by atoms with Crippen molar-refractivity contribution in [3.63, 3.8) is 0 Å². The Balaban J connectivity index is 0.000000154. The Morgan fingerprint density at radius 3 is 1.65 bits per heavy atom. The molecule has 4 N–H and O–H groups in total. The van der Waals surface area contributed by atoms with Crippen LogP contribution in [0.2, 0.25) is 0 Å². The van der Waals surface area contributed by atoms with E-state index < -0.39 is 49.1 Å². The molecule has 2 saturated heterocycles. The molecule has 6 aromatic rings. The highest BCUT2D eigenvalue weighted by Crippen LogP contribution is 2.41. The van der Waals surface area contributed by atoms with Crippen LogP contribution >= 0.6 is 31.9 Å². The van der Waals surface area contributed by atoms with Gasteiger partial charge in [0.05, 0.1) is 58.5 Å². The Bertz CT molecular complexity index is 3190. The molecule has 2 saturated carbocycles. The molecule has 368 valence electrons. The van der Waals surface area contributed by atoms with Gasteiger partial charge < -0.3 is 15.3 Å². The third-order valence-corrected chi connectivity index (χ3v) is 14.6. The van der Waals surface area contributed by atoms with Crippen molar-refractivity contribution in [3.8, 4) is 0 Å². The molecule has 4 fully saturated rings. The maximum Gasteiger partial charge on any atom is 0.337 e. The first-order valence-corrected chi connectivity index (χ1v) is 27.9. The molecule has 6 heterocycles. The number of rotatable bonds is 10. The Morgan fingerprint density at radius 1 is 0.667 bits per heavy atom. The lowest BCUT2D eigenvalue weighted by atomic mass is 9.98. The number of piperidine rings is 2. The summed E-state index contributed by atoms with van der Waals surface area (Å²) in [6.07, 6.45) is 13.0. The molecule has 69 heavy (non-hydrogen) atoms. The third kappa shape index (κ3) is 12.3. The van der Waals surface area contributed by atoms with Crippen LogP contribution in [0.3, 0.4) is 0 Å². The molecule has 0 unspecified atom stereocenters. The normalized spacial score (nSPS) is 18.5. The van der Waals surface area contributed by atoms with E-state index in [9.17, 15) is 35.2 Å². The molecule has 0 bridgehead atoms. The molecule has 17 nitrogen and oxygen atoms in total. The number of carboxylic acid groups (broad SMARTS) is 1. The number of fused-ring (bicyclic) bond motifs is 2. The van der Waals surface area contributed by atoms with Crippen molar-refractivity contribution in [2.75, 3.05) is 35.0 Å². The summed E-state index contributed by atoms with van der Waals surface area (Å²) in [5.74, 6) is -2.06. The van der Waals surface area contributed by atoms with Gasteiger partial charge in [-0.2, -0.15) is 10.2 Å². The predicted octanol–water partition coefficient (Wildman–Crippen LogP) is 8.94. The first kappa shape index (κ1) is 50.3. The van der Waals surface area contributed by atoms with E-state index in [1.165, 1.54) is 43.5 Å². The van der Waals surface area contributed by atoms with Gasteiger partial charge in [0.25, 0.3) is 5.91 Å². The summed E-state index contributed by atoms with van der Waals surface area (Å²) >= 11 is 6.08. The number of anilines is 2. The zero-order chi connectivity index (χ0) is 49.5. The van der Waals surface area contributed by atoms with Gasteiger partial charge in [-0.3, -0.25) is 14.2 Å². The van der Waals surface area contributed by atoms with Crippen molar-refractivity contribution in [2.24, 2.45) is 0 Å². The van der Waals surface area contributed by atoms with Crippen molar-refractivity contribution < 1.29 is 40.3 Å². The van der Waals surface area contributed by atoms with Gasteiger partial charge in [0.2, 0.25) is 20.0 Å². The second-order valence-electron chi connectivity index (χ2n) is 18.1. The number of carboxylic acids is 1. The van der Waals surface area contributed by atoms with Crippen LogP contribution in [-0.2, 0) is 20.0 Å². The lowest BCUT2D eigenvalue weighted by Crippen LogP contribution is -2.39. The fourth-order valence-corrected chi connectivity index (χ4v) is 11.2. The highest BCUT2D eigenvalue weighted by Gasteiger charge is 2.34. The largest absolute Gasteiger partial charge is 0.478 e. The average Bonchev–Trinajstić information content (AvgIpc) is 4.23. The van der Waals surface area contributed by atoms with Gasteiger partial charge in [0.1, 0.15) is 11.6 Å². The van der Waals surface area contributed by atoms with Crippen molar-refractivity contribution in [1.82, 2.24) is 39.4 Å². The smallest absolute Gasteiger partial charge is 0.337 e. The van der Waals surface area contributed by atoms with Gasteiger partial charge in [0, 0.05) is 62.2 Å². The lowest BCUT2D eigenvalue weighted by molar-refractivity contribution is 0.0605. The highest BCUT2D eigenvalue weighted by atomic mass is 79.9. The summed E-state index contributed by atoms with van der Waals surface area (Å²) < 4.78 is 81.4. The van der Waals surface area contributed by atoms with Crippen molar-refractivity contribution in [2.45, 2.75) is 102 Å². The Kier molecular flexibility index (Phi) is 14.8. The van der Waals surface area contributed by atoms with Crippen LogP contribution in [0.15, 0.2) is 57.5 Å². The number of hydrogen-bond donors (Lipinski definition) is 4. The van der Waals surface area contributed by atoms with E-state index in [1.807, 2.05) is 22.2 Å². The Labute approximate surface area is 415 Å². The number of carbonyl (C=O) groups excluding carboxylic acids is 1. The van der Waals surface area contributed by atoms with E-state index in [1.54, 1.807) is 9.42 Å². The maximum absolute atomic E-state index is 14.3. The quantitative estimate of drug-likeness (QED) is 0.101. The molecular weight excluding hydrogens is 1070 g/mol. The van der Waals surface area contributed by atoms with Crippen LogP contribution in [0.4, 0.5) is 20.2 Å². The summed E-state index contributed by atoms with van der Waals surface area (Å²) in [4.78, 5) is 35.7. The molecule has 4 aromatic heterocycles. The van der Waals surface area contributed by atoms with Crippen LogP contribution in [0.5, 0.6) is 0 Å². The number of amides is 1. The standard InChI is InChI=1S/C23H25BrFN5O3S.C15H20N4.C8H7BrFNO4S/c1-13-9-18(14-6-7-14)26-21-12-19(27-30(13)21)20-5-3-4-8-29(20)23(31)16-10-15(25)11-17(24)22(16)28-34(2,32)33;1-10-8-13(11-5-6-11)17-15-9-14(18-19(10)15)12-4-2-3-7-16-12;1-16(14,15)11-7-5(8(12)13)2-4(10)3-6(7)9/h9-12,14,20,28H,3-8H2,1-2H3;8-9,11-12,16H,2-7H2,1H3;2-3,11H,1H3,(H,12,13)/t20-;12-;/m00./s1. The number of halogens is 4. The number of hydrogen-bond acceptors (Lipinski definition) is 11. The number of benzene rings is 2. The number of sulfonamides is 2. The Morgan fingerprint density at radius 2 is 1.16 bits per heavy atom. The minimum absolute atomic E-state index is 0.0234. The average molecular weight is 1120 g/mol. The van der Waals surface area contributed by atoms with Crippen LogP contribution in [-0.4, -0.2) is 93.5 Å². The Hall–Kier alpha value is -5.10. The zero-order valence-corrected chi connectivity index (χ0v) is 43.1. The summed E-state index contributed by atoms with van der Waals surface area (Å²) in [5, 5.41) is 21.9. The first-order chi connectivity index (χ1) is 32.6. The summed E-state index contributed by atoms with van der Waals surface area (Å²) in [5.41, 5.74) is 7.50. The topological polar surface area (TPSA) is 222 Å². The molecule has 2 aliphatic heterocycles. The van der Waals surface area contributed by atoms with Crippen LogP contribution < -0.4 is 14.8 Å². The zero-order valence-electron chi connectivity index (χ0n) is 38.3. The monoisotopic (exact) mass is 1120 g/mol. The van der Waals surface area contributed by atoms with Gasteiger partial charge >= 0.3 is 5.97 Å². The summed E-state index contributed by atoms with van der Waals surface area (Å²) in [6.45, 7) is 5.70. The number of nitrogens with zero attached hydrogens (tertiary/aromatic N) is 7. The van der Waals surface area contributed by atoms with E-state index in [-0.39, 0.29) is 31.9 Å². The third-order valence-electron chi connectivity index (χ3n) is 12.2. The van der Waals surface area contributed by atoms with E-state index >= 15 is 0 Å². The van der Waals surface area contributed by atoms with Crippen LogP contribution in [0.1, 0.15) is 143 Å². The van der Waals surface area contributed by atoms with Crippen molar-refractivity contribution in [3.05, 3.63) is 114 Å². The van der Waals surface area contributed by atoms with E-state index in [0.717, 1.165) is 103 Å². The molecule has 23 heteroatoms. The molecule has 2 aromatic carbocycles. The number of likely N-dealkylation sites (tertiary alicyclic amines) is 1. The van der Waals surface area contributed by atoms with Crippen LogP contribution in [0, 0.1) is 25.5 Å². The molecule has 4 aliphatic rings. The highest BCUT2D eigenvalue weighted by molar-refractivity contribution is 9.11. The number of nitrogens with one attached hydrogen (secondary N) is 3. The van der Waals surface area contributed by atoms with Crippen LogP contribution in [0.25, 0.3) is 11.3 Å². The van der Waals surface area contributed by atoms with Gasteiger partial charge in [-0.05, 0) is 146 Å². The predicted molar refractivity (Wildman–Crippen MR) is 264 cm³/mol. The van der Waals surface area contributed by atoms with Crippen molar-refractivity contribution >= 4 is 86.5 Å². The minimum atomic E-state index is -3.69. The molecule has 10 rings (SSSR count). The minimum Gasteiger partial charge on any atom is -0.478 e. The first-order valence-electron chi connectivity index (χ1n) is 22.6. The van der Waals surface area contributed by atoms with E-state index in [0.29, 0.717) is 30.8 Å². The van der Waals surface area contributed by atoms with Gasteiger partial charge in [0.15, 0.2) is 11.3 Å². The molecule has 2 aliphatic carbocycles.